The normalized spacial score (nSPS) is 11.9. The molecule has 0 saturated heterocycles. The van der Waals surface area contributed by atoms with Gasteiger partial charge in [-0.05, 0) is 28.4 Å². The van der Waals surface area contributed by atoms with Crippen LogP contribution in [-0.4, -0.2) is 39.7 Å². The van der Waals surface area contributed by atoms with Crippen molar-refractivity contribution in [2.75, 3.05) is 6.54 Å². The van der Waals surface area contributed by atoms with Crippen LogP contribution in [0.3, 0.4) is 0 Å². The maximum Gasteiger partial charge on any atom is 0.260 e. The molecule has 0 radical (unpaired) electrons. The molecular weight excluding hydrogens is 336 g/mol. The Balaban J connectivity index is 2.03. The average Bonchev–Trinajstić information content (AvgIpc) is 2.86. The summed E-state index contributed by atoms with van der Waals surface area (Å²) in [4.78, 5) is 0. The van der Waals surface area contributed by atoms with Crippen molar-refractivity contribution in [1.29, 1.82) is 0 Å². The minimum Gasteiger partial charge on any atom is -0.271 e. The van der Waals surface area contributed by atoms with E-state index in [4.69, 9.17) is 0 Å². The van der Waals surface area contributed by atoms with Crippen LogP contribution in [0.4, 0.5) is 0 Å². The molecule has 0 unspecified atom stereocenters. The molecular formula is C9H13BrN6O2S. The van der Waals surface area contributed by atoms with E-state index in [0.29, 0.717) is 6.54 Å². The summed E-state index contributed by atoms with van der Waals surface area (Å²) < 4.78 is 29.7. The summed E-state index contributed by atoms with van der Waals surface area (Å²) in [5, 5.41) is 11.4. The first-order valence-electron chi connectivity index (χ1n) is 5.44. The van der Waals surface area contributed by atoms with Crippen LogP contribution in [0.1, 0.15) is 5.56 Å². The highest BCUT2D eigenvalue weighted by molar-refractivity contribution is 9.10. The molecule has 0 atom stereocenters. The highest BCUT2D eigenvalue weighted by atomic mass is 79.9. The number of aromatic nitrogens is 5. The monoisotopic (exact) mass is 348 g/mol. The van der Waals surface area contributed by atoms with Crippen molar-refractivity contribution in [3.05, 3.63) is 22.6 Å². The second kappa shape index (κ2) is 5.39. The fourth-order valence-corrected chi connectivity index (χ4v) is 3.67. The van der Waals surface area contributed by atoms with Gasteiger partial charge in [-0.3, -0.25) is 4.68 Å². The van der Waals surface area contributed by atoms with Gasteiger partial charge in [0, 0.05) is 19.8 Å². The number of aryl methyl sites for hydroxylation is 2. The summed E-state index contributed by atoms with van der Waals surface area (Å²) in [6, 6.07) is 0. The molecule has 0 bridgehead atoms. The summed E-state index contributed by atoms with van der Waals surface area (Å²) in [5.74, 6) is 0. The third kappa shape index (κ3) is 3.19. The lowest BCUT2D eigenvalue weighted by atomic mass is 10.4. The molecule has 2 aromatic heterocycles. The van der Waals surface area contributed by atoms with Gasteiger partial charge in [0.05, 0.1) is 12.7 Å². The fourth-order valence-electron chi connectivity index (χ4n) is 1.56. The second-order valence-electron chi connectivity index (χ2n) is 3.99. The van der Waals surface area contributed by atoms with Gasteiger partial charge in [0.15, 0.2) is 4.60 Å². The lowest BCUT2D eigenvalue weighted by Crippen LogP contribution is -2.29. The van der Waals surface area contributed by atoms with Crippen LogP contribution >= 0.6 is 15.9 Å². The van der Waals surface area contributed by atoms with Gasteiger partial charge in [-0.15, -0.1) is 5.10 Å². The Bertz CT molecular complexity index is 657. The average molecular weight is 349 g/mol. The molecule has 10 heteroatoms. The minimum atomic E-state index is -3.64. The molecule has 2 aromatic rings. The number of nitrogens with one attached hydrogen (secondary N) is 1. The quantitative estimate of drug-likeness (QED) is 0.824. The molecule has 104 valence electrons. The largest absolute Gasteiger partial charge is 0.271 e. The molecule has 19 heavy (non-hydrogen) atoms. The van der Waals surface area contributed by atoms with Crippen LogP contribution in [-0.2, 0) is 23.6 Å². The standard InChI is InChI=1S/C9H13BrN6O2S/c1-7-5-11-16(6-7)4-3-12-19(17,18)9-8(10)13-14-15(9)2/h5-6,12H,3-4H2,1-2H3. The van der Waals surface area contributed by atoms with Crippen LogP contribution in [0.15, 0.2) is 22.0 Å². The third-order valence-corrected chi connectivity index (χ3v) is 4.73. The van der Waals surface area contributed by atoms with Crippen molar-refractivity contribution in [3.8, 4) is 0 Å². The summed E-state index contributed by atoms with van der Waals surface area (Å²) >= 11 is 3.06. The number of halogens is 1. The van der Waals surface area contributed by atoms with Crippen LogP contribution in [0.5, 0.6) is 0 Å². The van der Waals surface area contributed by atoms with E-state index in [0.717, 1.165) is 5.56 Å². The predicted octanol–water partition coefficient (Wildman–Crippen LogP) is 0.0610. The van der Waals surface area contributed by atoms with Crippen molar-refractivity contribution in [2.45, 2.75) is 18.5 Å². The zero-order chi connectivity index (χ0) is 14.0. The molecule has 8 nitrogen and oxygen atoms in total. The van der Waals surface area contributed by atoms with E-state index in [9.17, 15) is 8.42 Å². The smallest absolute Gasteiger partial charge is 0.260 e. The third-order valence-electron chi connectivity index (χ3n) is 2.39. The summed E-state index contributed by atoms with van der Waals surface area (Å²) in [5.41, 5.74) is 1.03. The van der Waals surface area contributed by atoms with Crippen molar-refractivity contribution in [3.63, 3.8) is 0 Å². The Labute approximate surface area is 119 Å². The van der Waals surface area contributed by atoms with Crippen molar-refractivity contribution >= 4 is 26.0 Å². The van der Waals surface area contributed by atoms with Gasteiger partial charge in [0.1, 0.15) is 0 Å². The lowest BCUT2D eigenvalue weighted by molar-refractivity contribution is 0.546. The maximum absolute atomic E-state index is 12.1. The number of hydrogen-bond donors (Lipinski definition) is 1. The van der Waals surface area contributed by atoms with Gasteiger partial charge in [-0.1, -0.05) is 5.21 Å². The highest BCUT2D eigenvalue weighted by Gasteiger charge is 2.23. The number of rotatable bonds is 5. The van der Waals surface area contributed by atoms with Crippen molar-refractivity contribution in [2.24, 2.45) is 7.05 Å². The Morgan fingerprint density at radius 2 is 2.21 bits per heavy atom. The van der Waals surface area contributed by atoms with Crippen LogP contribution < -0.4 is 4.72 Å². The van der Waals surface area contributed by atoms with E-state index < -0.39 is 10.0 Å². The number of hydrogen-bond acceptors (Lipinski definition) is 5. The Hall–Kier alpha value is -1.26. The maximum atomic E-state index is 12.1. The Morgan fingerprint density at radius 3 is 2.74 bits per heavy atom. The van der Waals surface area contributed by atoms with Crippen molar-refractivity contribution < 1.29 is 8.42 Å². The van der Waals surface area contributed by atoms with Crippen LogP contribution in [0.25, 0.3) is 0 Å². The van der Waals surface area contributed by atoms with Gasteiger partial charge in [-0.25, -0.2) is 17.8 Å². The van der Waals surface area contributed by atoms with E-state index >= 15 is 0 Å². The van der Waals surface area contributed by atoms with Crippen LogP contribution in [0.2, 0.25) is 0 Å². The predicted molar refractivity (Wildman–Crippen MR) is 70.9 cm³/mol. The van der Waals surface area contributed by atoms with Crippen LogP contribution in [0, 0.1) is 6.92 Å². The Morgan fingerprint density at radius 1 is 1.47 bits per heavy atom. The molecule has 0 amide bonds. The van der Waals surface area contributed by atoms with E-state index in [1.807, 2.05) is 13.1 Å². The first-order valence-corrected chi connectivity index (χ1v) is 7.71. The van der Waals surface area contributed by atoms with E-state index in [1.54, 1.807) is 10.9 Å². The van der Waals surface area contributed by atoms with Gasteiger partial charge < -0.3 is 0 Å². The topological polar surface area (TPSA) is 94.7 Å². The summed E-state index contributed by atoms with van der Waals surface area (Å²) in [6.45, 7) is 2.61. The van der Waals surface area contributed by atoms with Gasteiger partial charge >= 0.3 is 0 Å². The molecule has 0 saturated carbocycles. The second-order valence-corrected chi connectivity index (χ2v) is 6.42. The molecule has 0 spiro atoms. The van der Waals surface area contributed by atoms with E-state index in [1.165, 1.54) is 11.7 Å². The molecule has 2 rings (SSSR count). The van der Waals surface area contributed by atoms with E-state index in [-0.39, 0.29) is 16.2 Å². The molecule has 0 aliphatic heterocycles. The van der Waals surface area contributed by atoms with Gasteiger partial charge in [0.2, 0.25) is 5.03 Å². The molecule has 1 N–H and O–H groups in total. The SMILES string of the molecule is Cc1cnn(CCNS(=O)(=O)c2c(Br)nnn2C)c1. The number of sulfonamides is 1. The van der Waals surface area contributed by atoms with Crippen molar-refractivity contribution in [1.82, 2.24) is 29.5 Å². The van der Waals surface area contributed by atoms with Gasteiger partial charge in [0.25, 0.3) is 10.0 Å². The minimum absolute atomic E-state index is 0.00384. The first-order chi connectivity index (χ1) is 8.90. The fraction of sp³-hybridized carbons (Fsp3) is 0.444. The molecule has 0 aliphatic carbocycles. The molecule has 0 aromatic carbocycles. The lowest BCUT2D eigenvalue weighted by Gasteiger charge is -2.06. The number of nitrogens with zero attached hydrogens (tertiary/aromatic N) is 5. The zero-order valence-electron chi connectivity index (χ0n) is 10.4. The molecule has 0 fully saturated rings. The zero-order valence-corrected chi connectivity index (χ0v) is 12.8. The van der Waals surface area contributed by atoms with E-state index in [2.05, 4.69) is 36.1 Å². The highest BCUT2D eigenvalue weighted by Crippen LogP contribution is 2.17. The summed E-state index contributed by atoms with van der Waals surface area (Å²) in [7, 11) is -2.12. The molecule has 2 heterocycles. The molecule has 0 aliphatic rings. The first kappa shape index (κ1) is 14.2. The Kier molecular flexibility index (Phi) is 4.02. The van der Waals surface area contributed by atoms with Gasteiger partial charge in [-0.2, -0.15) is 5.10 Å². The summed E-state index contributed by atoms with van der Waals surface area (Å²) in [6.07, 6.45) is 3.56.